The molecule has 3 amide bonds. The van der Waals surface area contributed by atoms with E-state index in [-0.39, 0.29) is 11.9 Å². The van der Waals surface area contributed by atoms with Gasteiger partial charge in [0.05, 0.1) is 13.2 Å². The maximum atomic E-state index is 13.4. The molecular formula is C23H28N4O3. The van der Waals surface area contributed by atoms with Crippen LogP contribution in [-0.4, -0.2) is 70.5 Å². The average molecular weight is 409 g/mol. The molecule has 0 aliphatic carbocycles. The van der Waals surface area contributed by atoms with Crippen molar-refractivity contribution in [3.63, 3.8) is 0 Å². The maximum Gasteiger partial charge on any atom is 0.328 e. The predicted octanol–water partition coefficient (Wildman–Crippen LogP) is 2.53. The summed E-state index contributed by atoms with van der Waals surface area (Å²) in [6.45, 7) is 3.41. The summed E-state index contributed by atoms with van der Waals surface area (Å²) in [5, 5.41) is 0. The molecule has 2 saturated heterocycles. The molecule has 30 heavy (non-hydrogen) atoms. The maximum absolute atomic E-state index is 13.4. The van der Waals surface area contributed by atoms with E-state index in [2.05, 4.69) is 16.0 Å². The highest BCUT2D eigenvalue weighted by molar-refractivity contribution is 6.07. The summed E-state index contributed by atoms with van der Waals surface area (Å²) in [5.74, 6) is -0.0819. The van der Waals surface area contributed by atoms with Crippen LogP contribution in [0, 0.1) is 0 Å². The molecular weight excluding hydrogens is 380 g/mol. The van der Waals surface area contributed by atoms with Crippen molar-refractivity contribution in [1.29, 1.82) is 0 Å². The lowest BCUT2D eigenvalue weighted by atomic mass is 9.85. The molecule has 1 aromatic heterocycles. The van der Waals surface area contributed by atoms with E-state index in [4.69, 9.17) is 4.74 Å². The highest BCUT2D eigenvalue weighted by Crippen LogP contribution is 2.38. The number of carbonyl (C=O) groups excluding carboxylic acids is 2. The van der Waals surface area contributed by atoms with Gasteiger partial charge in [-0.05, 0) is 30.0 Å². The first kappa shape index (κ1) is 20.5. The number of pyridine rings is 1. The van der Waals surface area contributed by atoms with E-state index in [0.717, 1.165) is 30.8 Å². The predicted molar refractivity (Wildman–Crippen MR) is 112 cm³/mol. The molecule has 1 spiro atoms. The van der Waals surface area contributed by atoms with Gasteiger partial charge in [0.15, 0.2) is 0 Å². The number of imide groups is 1. The van der Waals surface area contributed by atoms with Crippen molar-refractivity contribution in [1.82, 2.24) is 19.7 Å². The van der Waals surface area contributed by atoms with E-state index >= 15 is 0 Å². The Hall–Kier alpha value is -2.77. The summed E-state index contributed by atoms with van der Waals surface area (Å²) in [6, 6.07) is 13.7. The number of piperidine rings is 1. The number of hydrogen-bond acceptors (Lipinski definition) is 5. The van der Waals surface area contributed by atoms with E-state index < -0.39 is 5.54 Å². The van der Waals surface area contributed by atoms with Gasteiger partial charge < -0.3 is 9.64 Å². The zero-order chi connectivity index (χ0) is 21.0. The molecule has 7 nitrogen and oxygen atoms in total. The molecule has 2 aliphatic heterocycles. The van der Waals surface area contributed by atoms with Crippen LogP contribution in [0.4, 0.5) is 4.79 Å². The monoisotopic (exact) mass is 408 g/mol. The lowest BCUT2D eigenvalue weighted by Gasteiger charge is -2.42. The van der Waals surface area contributed by atoms with Crippen molar-refractivity contribution in [3.05, 3.63) is 66.0 Å². The first-order valence-corrected chi connectivity index (χ1v) is 10.4. The largest absolute Gasteiger partial charge is 0.383 e. The van der Waals surface area contributed by atoms with Crippen molar-refractivity contribution in [3.8, 4) is 0 Å². The smallest absolute Gasteiger partial charge is 0.328 e. The fourth-order valence-electron chi connectivity index (χ4n) is 4.46. The Morgan fingerprint density at radius 2 is 1.73 bits per heavy atom. The Morgan fingerprint density at radius 1 is 1.00 bits per heavy atom. The topological polar surface area (TPSA) is 66.0 Å². The Kier molecular flexibility index (Phi) is 6.11. The molecule has 2 fully saturated rings. The molecule has 0 unspecified atom stereocenters. The fourth-order valence-corrected chi connectivity index (χ4v) is 4.46. The van der Waals surface area contributed by atoms with Crippen LogP contribution in [0.3, 0.4) is 0 Å². The molecule has 4 rings (SSSR count). The van der Waals surface area contributed by atoms with E-state index in [0.29, 0.717) is 32.5 Å². The number of likely N-dealkylation sites (tertiary alicyclic amines) is 1. The van der Waals surface area contributed by atoms with Crippen LogP contribution >= 0.6 is 0 Å². The van der Waals surface area contributed by atoms with E-state index in [1.165, 1.54) is 4.90 Å². The molecule has 158 valence electrons. The van der Waals surface area contributed by atoms with Crippen molar-refractivity contribution < 1.29 is 14.3 Å². The van der Waals surface area contributed by atoms with Gasteiger partial charge in [-0.25, -0.2) is 4.79 Å². The van der Waals surface area contributed by atoms with Crippen molar-refractivity contribution >= 4 is 11.9 Å². The number of hydrogen-bond donors (Lipinski definition) is 0. The number of aromatic nitrogens is 1. The summed E-state index contributed by atoms with van der Waals surface area (Å²) in [7, 11) is 1.58. The molecule has 2 aliphatic rings. The second kappa shape index (κ2) is 8.93. The van der Waals surface area contributed by atoms with Gasteiger partial charge in [-0.1, -0.05) is 36.4 Å². The molecule has 2 aromatic rings. The van der Waals surface area contributed by atoms with Crippen LogP contribution in [0.15, 0.2) is 54.9 Å². The number of carbonyl (C=O) groups is 2. The second-order valence-corrected chi connectivity index (χ2v) is 7.97. The summed E-state index contributed by atoms with van der Waals surface area (Å²) in [6.07, 6.45) is 4.92. The normalized spacial score (nSPS) is 19.1. The van der Waals surface area contributed by atoms with Gasteiger partial charge in [-0.15, -0.1) is 0 Å². The standard InChI is InChI=1S/C23H28N4O3/c1-30-15-14-26-21(28)23(27(22(26)29)18-19-6-3-2-4-7-19)9-12-25(13-10-23)17-20-8-5-11-24-16-20/h2-8,11,16H,9-10,12-15,17-18H2,1H3. The summed E-state index contributed by atoms with van der Waals surface area (Å²) in [4.78, 5) is 36.4. The van der Waals surface area contributed by atoms with Crippen LogP contribution in [0.5, 0.6) is 0 Å². The molecule has 0 atom stereocenters. The van der Waals surface area contributed by atoms with Crippen molar-refractivity contribution in [2.24, 2.45) is 0 Å². The Morgan fingerprint density at radius 3 is 2.40 bits per heavy atom. The van der Waals surface area contributed by atoms with Gasteiger partial charge in [0.1, 0.15) is 5.54 Å². The lowest BCUT2D eigenvalue weighted by molar-refractivity contribution is -0.136. The second-order valence-electron chi connectivity index (χ2n) is 7.97. The number of ether oxygens (including phenoxy) is 1. The Bertz CT molecular complexity index is 867. The third-order valence-electron chi connectivity index (χ3n) is 6.14. The SMILES string of the molecule is COCCN1C(=O)N(Cc2ccccc2)C2(CCN(Cc3cccnc3)CC2)C1=O. The lowest BCUT2D eigenvalue weighted by Crippen LogP contribution is -2.56. The fraction of sp³-hybridized carbons (Fsp3) is 0.435. The average Bonchev–Trinajstić information content (AvgIpc) is 2.96. The number of urea groups is 1. The molecule has 0 saturated carbocycles. The highest BCUT2D eigenvalue weighted by Gasteiger charge is 2.57. The number of amides is 3. The summed E-state index contributed by atoms with van der Waals surface area (Å²) < 4.78 is 5.13. The minimum atomic E-state index is -0.772. The minimum absolute atomic E-state index is 0.0819. The third kappa shape index (κ3) is 3.95. The molecule has 3 heterocycles. The van der Waals surface area contributed by atoms with Gasteiger partial charge in [0, 0.05) is 45.7 Å². The molecule has 7 heteroatoms. The molecule has 0 N–H and O–H groups in total. The first-order chi connectivity index (χ1) is 14.6. The van der Waals surface area contributed by atoms with Crippen molar-refractivity contribution in [2.45, 2.75) is 31.5 Å². The van der Waals surface area contributed by atoms with Gasteiger partial charge in [-0.2, -0.15) is 0 Å². The van der Waals surface area contributed by atoms with Gasteiger partial charge in [0.25, 0.3) is 5.91 Å². The van der Waals surface area contributed by atoms with Crippen LogP contribution in [0.25, 0.3) is 0 Å². The molecule has 0 radical (unpaired) electrons. The van der Waals surface area contributed by atoms with Crippen LogP contribution in [0.2, 0.25) is 0 Å². The molecule has 0 bridgehead atoms. The van der Waals surface area contributed by atoms with Gasteiger partial charge in [0.2, 0.25) is 0 Å². The Balaban J connectivity index is 1.53. The summed E-state index contributed by atoms with van der Waals surface area (Å²) in [5.41, 5.74) is 1.42. The number of benzene rings is 1. The summed E-state index contributed by atoms with van der Waals surface area (Å²) >= 11 is 0. The number of methoxy groups -OCH3 is 1. The van der Waals surface area contributed by atoms with Gasteiger partial charge >= 0.3 is 6.03 Å². The third-order valence-corrected chi connectivity index (χ3v) is 6.14. The van der Waals surface area contributed by atoms with Crippen LogP contribution in [0.1, 0.15) is 24.0 Å². The zero-order valence-electron chi connectivity index (χ0n) is 17.4. The zero-order valence-corrected chi connectivity index (χ0v) is 17.4. The van der Waals surface area contributed by atoms with Crippen LogP contribution < -0.4 is 0 Å². The van der Waals surface area contributed by atoms with Crippen molar-refractivity contribution in [2.75, 3.05) is 33.4 Å². The molecule has 1 aromatic carbocycles. The van der Waals surface area contributed by atoms with Crippen LogP contribution in [-0.2, 0) is 22.6 Å². The highest BCUT2D eigenvalue weighted by atomic mass is 16.5. The first-order valence-electron chi connectivity index (χ1n) is 10.4. The van der Waals surface area contributed by atoms with E-state index in [1.54, 1.807) is 18.2 Å². The number of nitrogens with zero attached hydrogens (tertiary/aromatic N) is 4. The van der Waals surface area contributed by atoms with Gasteiger partial charge in [-0.3, -0.25) is 19.6 Å². The Labute approximate surface area is 177 Å². The van der Waals surface area contributed by atoms with E-state index in [1.807, 2.05) is 42.6 Å². The number of rotatable bonds is 7. The minimum Gasteiger partial charge on any atom is -0.383 e. The quantitative estimate of drug-likeness (QED) is 0.659. The van der Waals surface area contributed by atoms with E-state index in [9.17, 15) is 9.59 Å².